The number of aliphatic hydroxyl groups is 2. The zero-order chi connectivity index (χ0) is 16.6. The smallest absolute Gasteiger partial charge is 0.330 e. The lowest BCUT2D eigenvalue weighted by atomic mass is 10.1. The average molecular weight is 336 g/mol. The molecule has 1 aromatic carbocycles. The van der Waals surface area contributed by atoms with Gasteiger partial charge in [-0.1, -0.05) is 30.3 Å². The first-order chi connectivity index (χ1) is 11.0. The number of hydrogen-bond donors (Lipinski definition) is 4. The zero-order valence-electron chi connectivity index (χ0n) is 12.0. The molecular weight excluding hydrogens is 320 g/mol. The lowest BCUT2D eigenvalue weighted by Crippen LogP contribution is -2.38. The van der Waals surface area contributed by atoms with Crippen LogP contribution in [0.5, 0.6) is 0 Å². The fraction of sp³-hybridized carbons (Fsp3) is 0.333. The number of nitrogens with one attached hydrogen (secondary N) is 1. The molecule has 3 N–H and O–H groups in total. The van der Waals surface area contributed by atoms with E-state index in [9.17, 15) is 19.8 Å². The van der Waals surface area contributed by atoms with Crippen LogP contribution in [0.3, 0.4) is 0 Å². The van der Waals surface area contributed by atoms with Crippen molar-refractivity contribution in [3.05, 3.63) is 57.4 Å². The molecule has 0 bridgehead atoms. The standard InChI is InChI=1S/C15H16N2O5S/c18-11-10(7-23)22-14(12(11)19)17-6-9(13(20)16-15(17)21)8-4-2-1-3-5-8/h1-6,10-12,14,18-19,23H,7H2,(H,16,20,21)/t10-,11-,12-,14-/m1/s1. The monoisotopic (exact) mass is 336 g/mol. The molecule has 0 unspecified atom stereocenters. The fourth-order valence-electron chi connectivity index (χ4n) is 2.61. The average Bonchev–Trinajstić information content (AvgIpc) is 2.84. The van der Waals surface area contributed by atoms with Gasteiger partial charge in [-0.25, -0.2) is 4.79 Å². The summed E-state index contributed by atoms with van der Waals surface area (Å²) in [6, 6.07) is 8.82. The van der Waals surface area contributed by atoms with Crippen molar-refractivity contribution in [2.75, 3.05) is 5.75 Å². The number of ether oxygens (including phenoxy) is 1. The molecular formula is C15H16N2O5S. The van der Waals surface area contributed by atoms with Crippen molar-refractivity contribution in [2.24, 2.45) is 0 Å². The summed E-state index contributed by atoms with van der Waals surface area (Å²) in [6.07, 6.45) is -2.90. The van der Waals surface area contributed by atoms with Crippen LogP contribution in [0, 0.1) is 0 Å². The molecule has 1 aliphatic heterocycles. The molecule has 7 nitrogen and oxygen atoms in total. The predicted molar refractivity (Wildman–Crippen MR) is 86.5 cm³/mol. The van der Waals surface area contributed by atoms with Crippen LogP contribution >= 0.6 is 12.6 Å². The molecule has 8 heteroatoms. The number of H-pyrrole nitrogens is 1. The Morgan fingerprint density at radius 2 is 1.87 bits per heavy atom. The molecule has 2 heterocycles. The molecule has 4 atom stereocenters. The van der Waals surface area contributed by atoms with E-state index < -0.39 is 35.8 Å². The lowest BCUT2D eigenvalue weighted by molar-refractivity contribution is -0.0339. The van der Waals surface area contributed by atoms with E-state index in [0.29, 0.717) is 5.56 Å². The highest BCUT2D eigenvalue weighted by atomic mass is 32.1. The second-order valence-electron chi connectivity index (χ2n) is 5.30. The van der Waals surface area contributed by atoms with E-state index in [4.69, 9.17) is 4.74 Å². The number of rotatable bonds is 3. The van der Waals surface area contributed by atoms with Gasteiger partial charge in [-0.15, -0.1) is 0 Å². The summed E-state index contributed by atoms with van der Waals surface area (Å²) in [7, 11) is 0. The van der Waals surface area contributed by atoms with Crippen LogP contribution < -0.4 is 11.2 Å². The van der Waals surface area contributed by atoms with Gasteiger partial charge in [0.25, 0.3) is 5.56 Å². The van der Waals surface area contributed by atoms with Gasteiger partial charge in [0.1, 0.15) is 12.2 Å². The predicted octanol–water partition coefficient (Wildman–Crippen LogP) is -0.247. The Labute approximate surface area is 136 Å². The van der Waals surface area contributed by atoms with Crippen LogP contribution in [-0.4, -0.2) is 43.8 Å². The third-order valence-corrected chi connectivity index (χ3v) is 4.20. The Morgan fingerprint density at radius 1 is 1.17 bits per heavy atom. The molecule has 3 rings (SSSR count). The van der Waals surface area contributed by atoms with E-state index in [1.807, 2.05) is 6.07 Å². The topological polar surface area (TPSA) is 105 Å². The summed E-state index contributed by atoms with van der Waals surface area (Å²) in [5.74, 6) is 0.193. The number of thiol groups is 1. The largest absolute Gasteiger partial charge is 0.387 e. The maximum atomic E-state index is 12.1. The van der Waals surface area contributed by atoms with Gasteiger partial charge >= 0.3 is 5.69 Å². The molecule has 2 aromatic rings. The van der Waals surface area contributed by atoms with E-state index in [1.165, 1.54) is 6.20 Å². The Bertz CT molecular complexity index is 804. The first-order valence-corrected chi connectivity index (χ1v) is 7.69. The summed E-state index contributed by atoms with van der Waals surface area (Å²) in [5.41, 5.74) is -0.354. The van der Waals surface area contributed by atoms with Gasteiger partial charge in [0.2, 0.25) is 0 Å². The third-order valence-electron chi connectivity index (χ3n) is 3.84. The molecule has 0 saturated carbocycles. The van der Waals surface area contributed by atoms with Gasteiger partial charge < -0.3 is 14.9 Å². The minimum atomic E-state index is -1.29. The molecule has 23 heavy (non-hydrogen) atoms. The molecule has 1 aliphatic rings. The summed E-state index contributed by atoms with van der Waals surface area (Å²) >= 11 is 4.05. The van der Waals surface area contributed by atoms with E-state index in [2.05, 4.69) is 17.6 Å². The molecule has 0 radical (unpaired) electrons. The number of hydrogen-bond acceptors (Lipinski definition) is 6. The Hall–Kier alpha value is -1.87. The normalized spacial score (nSPS) is 27.3. The van der Waals surface area contributed by atoms with Crippen molar-refractivity contribution in [3.63, 3.8) is 0 Å². The van der Waals surface area contributed by atoms with Crippen molar-refractivity contribution in [3.8, 4) is 11.1 Å². The number of benzene rings is 1. The minimum Gasteiger partial charge on any atom is -0.387 e. The Balaban J connectivity index is 2.08. The highest BCUT2D eigenvalue weighted by Crippen LogP contribution is 2.29. The van der Waals surface area contributed by atoms with Gasteiger partial charge in [-0.3, -0.25) is 14.3 Å². The van der Waals surface area contributed by atoms with E-state index in [1.54, 1.807) is 24.3 Å². The molecule has 0 amide bonds. The van der Waals surface area contributed by atoms with Crippen molar-refractivity contribution in [2.45, 2.75) is 24.5 Å². The second-order valence-corrected chi connectivity index (χ2v) is 5.67. The van der Waals surface area contributed by atoms with Crippen LogP contribution in [0.15, 0.2) is 46.1 Å². The summed E-state index contributed by atoms with van der Waals surface area (Å²) in [5, 5.41) is 20.0. The molecule has 122 valence electrons. The first-order valence-electron chi connectivity index (χ1n) is 7.06. The van der Waals surface area contributed by atoms with Gasteiger partial charge in [0, 0.05) is 11.9 Å². The molecule has 0 spiro atoms. The maximum Gasteiger partial charge on any atom is 0.330 e. The van der Waals surface area contributed by atoms with Crippen LogP contribution in [0.1, 0.15) is 6.23 Å². The highest BCUT2D eigenvalue weighted by molar-refractivity contribution is 7.80. The lowest BCUT2D eigenvalue weighted by Gasteiger charge is -2.18. The third kappa shape index (κ3) is 2.86. The van der Waals surface area contributed by atoms with E-state index in [0.717, 1.165) is 4.57 Å². The number of nitrogens with zero attached hydrogens (tertiary/aromatic N) is 1. The molecule has 1 fully saturated rings. The zero-order valence-corrected chi connectivity index (χ0v) is 12.9. The molecule has 1 saturated heterocycles. The van der Waals surface area contributed by atoms with Crippen LogP contribution in [-0.2, 0) is 4.74 Å². The number of aromatic nitrogens is 2. The second kappa shape index (κ2) is 6.32. The number of aliphatic hydroxyl groups excluding tert-OH is 2. The van der Waals surface area contributed by atoms with Gasteiger partial charge in [-0.05, 0) is 5.56 Å². The van der Waals surface area contributed by atoms with Crippen molar-refractivity contribution in [1.82, 2.24) is 9.55 Å². The Kier molecular flexibility index (Phi) is 4.40. The van der Waals surface area contributed by atoms with Gasteiger partial charge in [-0.2, -0.15) is 12.6 Å². The fourth-order valence-corrected chi connectivity index (χ4v) is 2.91. The van der Waals surface area contributed by atoms with Gasteiger partial charge in [0.15, 0.2) is 6.23 Å². The summed E-state index contributed by atoms with van der Waals surface area (Å²) in [4.78, 5) is 26.3. The molecule has 1 aromatic heterocycles. The highest BCUT2D eigenvalue weighted by Gasteiger charge is 2.43. The van der Waals surface area contributed by atoms with Crippen molar-refractivity contribution in [1.29, 1.82) is 0 Å². The van der Waals surface area contributed by atoms with Crippen LogP contribution in [0.2, 0.25) is 0 Å². The van der Waals surface area contributed by atoms with E-state index in [-0.39, 0.29) is 11.3 Å². The number of aromatic amines is 1. The van der Waals surface area contributed by atoms with Crippen LogP contribution in [0.4, 0.5) is 0 Å². The SMILES string of the molecule is O=c1[nH]c(=O)n([C@@H]2O[C@H](CS)[C@@H](O)[C@H]2O)cc1-c1ccccc1. The Morgan fingerprint density at radius 3 is 2.48 bits per heavy atom. The van der Waals surface area contributed by atoms with Crippen molar-refractivity contribution < 1.29 is 14.9 Å². The first kappa shape index (κ1) is 16.0. The van der Waals surface area contributed by atoms with Crippen LogP contribution in [0.25, 0.3) is 11.1 Å². The van der Waals surface area contributed by atoms with E-state index >= 15 is 0 Å². The molecule has 0 aliphatic carbocycles. The van der Waals surface area contributed by atoms with Gasteiger partial charge in [0.05, 0.1) is 11.7 Å². The minimum absolute atomic E-state index is 0.193. The quantitative estimate of drug-likeness (QED) is 0.579. The maximum absolute atomic E-state index is 12.1. The summed E-state index contributed by atoms with van der Waals surface area (Å²) in [6.45, 7) is 0. The summed E-state index contributed by atoms with van der Waals surface area (Å²) < 4.78 is 6.58. The van der Waals surface area contributed by atoms with Crippen molar-refractivity contribution >= 4 is 12.6 Å².